The molecule has 1 aromatic carbocycles. The van der Waals surface area contributed by atoms with Crippen LogP contribution >= 0.6 is 0 Å². The molecule has 162 valence electrons. The molecule has 0 spiro atoms. The van der Waals surface area contributed by atoms with Crippen LogP contribution in [0.4, 0.5) is 8.78 Å². The van der Waals surface area contributed by atoms with Crippen molar-refractivity contribution < 1.29 is 18.3 Å². The van der Waals surface area contributed by atoms with E-state index in [1.807, 2.05) is 4.90 Å². The van der Waals surface area contributed by atoms with E-state index < -0.39 is 11.6 Å². The summed E-state index contributed by atoms with van der Waals surface area (Å²) in [6.45, 7) is 1.31. The number of carbonyl (C=O) groups excluding carboxylic acids is 1. The molecule has 1 aliphatic carbocycles. The number of aromatic amines is 1. The van der Waals surface area contributed by atoms with E-state index in [0.29, 0.717) is 36.4 Å². The highest BCUT2D eigenvalue weighted by Crippen LogP contribution is 2.42. The van der Waals surface area contributed by atoms with Gasteiger partial charge in [0.1, 0.15) is 17.3 Å². The molecule has 5 rings (SSSR count). The van der Waals surface area contributed by atoms with Gasteiger partial charge in [-0.1, -0.05) is 5.21 Å². The monoisotopic (exact) mass is 428 g/mol. The number of nitrogens with one attached hydrogen (secondary N) is 1. The third-order valence-electron chi connectivity index (χ3n) is 6.43. The molecule has 1 aliphatic heterocycles. The van der Waals surface area contributed by atoms with Crippen LogP contribution in [-0.4, -0.2) is 62.1 Å². The molecule has 8 nitrogen and oxygen atoms in total. The lowest BCUT2D eigenvalue weighted by molar-refractivity contribution is -0.00545. The molecule has 2 aliphatic rings. The predicted octanol–water partition coefficient (Wildman–Crippen LogP) is 2.68. The molecule has 3 aromatic rings. The lowest BCUT2D eigenvalue weighted by Crippen LogP contribution is -2.37. The molecule has 10 heteroatoms. The van der Waals surface area contributed by atoms with Crippen LogP contribution in [0.15, 0.2) is 36.8 Å². The summed E-state index contributed by atoms with van der Waals surface area (Å²) in [4.78, 5) is 21.5. The number of nitrogens with zero attached hydrogens (tertiary/aromatic N) is 5. The number of ether oxygens (including phenoxy) is 1. The summed E-state index contributed by atoms with van der Waals surface area (Å²) in [6.07, 6.45) is 6.33. The minimum absolute atomic E-state index is 0.0883. The molecular formula is C21H22F2N6O2. The van der Waals surface area contributed by atoms with E-state index >= 15 is 0 Å². The number of H-pyrrole nitrogens is 1. The number of methoxy groups -OCH3 is 1. The van der Waals surface area contributed by atoms with E-state index in [9.17, 15) is 13.6 Å². The first-order valence-corrected chi connectivity index (χ1v) is 10.2. The van der Waals surface area contributed by atoms with E-state index in [1.165, 1.54) is 12.1 Å². The fourth-order valence-corrected chi connectivity index (χ4v) is 4.88. The first-order chi connectivity index (χ1) is 15.0. The van der Waals surface area contributed by atoms with Crippen molar-refractivity contribution >= 4 is 5.91 Å². The number of likely N-dealkylation sites (tertiary alicyclic amines) is 1. The van der Waals surface area contributed by atoms with Gasteiger partial charge in [-0.25, -0.2) is 18.4 Å². The van der Waals surface area contributed by atoms with E-state index in [4.69, 9.17) is 4.74 Å². The number of aromatic nitrogens is 5. The minimum Gasteiger partial charge on any atom is -0.379 e. The third-order valence-corrected chi connectivity index (χ3v) is 6.43. The molecule has 1 saturated carbocycles. The molecule has 31 heavy (non-hydrogen) atoms. The van der Waals surface area contributed by atoms with Crippen molar-refractivity contribution in [2.45, 2.75) is 25.0 Å². The second kappa shape index (κ2) is 7.84. The van der Waals surface area contributed by atoms with Crippen molar-refractivity contribution in [1.82, 2.24) is 29.9 Å². The van der Waals surface area contributed by atoms with Crippen LogP contribution in [0, 0.1) is 23.5 Å². The highest BCUT2D eigenvalue weighted by molar-refractivity contribution is 5.90. The quantitative estimate of drug-likeness (QED) is 0.690. The summed E-state index contributed by atoms with van der Waals surface area (Å²) in [6, 6.07) is 3.30. The average Bonchev–Trinajstić information content (AvgIpc) is 3.52. The van der Waals surface area contributed by atoms with Crippen LogP contribution in [0.3, 0.4) is 0 Å². The number of benzene rings is 1. The normalized spacial score (nSPS) is 25.6. The van der Waals surface area contributed by atoms with Crippen LogP contribution in [-0.2, 0) is 4.74 Å². The lowest BCUT2D eigenvalue weighted by Gasteiger charge is -2.36. The summed E-state index contributed by atoms with van der Waals surface area (Å²) >= 11 is 0. The zero-order valence-electron chi connectivity index (χ0n) is 16.9. The number of hydrogen-bond acceptors (Lipinski definition) is 5. The van der Waals surface area contributed by atoms with Gasteiger partial charge in [-0.05, 0) is 36.8 Å². The highest BCUT2D eigenvalue weighted by Gasteiger charge is 2.45. The van der Waals surface area contributed by atoms with Gasteiger partial charge >= 0.3 is 0 Å². The topological polar surface area (TPSA) is 88.9 Å². The summed E-state index contributed by atoms with van der Waals surface area (Å²) in [7, 11) is 1.66. The van der Waals surface area contributed by atoms with Gasteiger partial charge in [-0.3, -0.25) is 4.79 Å². The number of amides is 1. The van der Waals surface area contributed by atoms with Crippen LogP contribution in [0.1, 0.15) is 29.5 Å². The number of halogens is 2. The largest absolute Gasteiger partial charge is 0.379 e. The second-order valence-electron chi connectivity index (χ2n) is 8.19. The van der Waals surface area contributed by atoms with Gasteiger partial charge in [0.25, 0.3) is 5.91 Å². The Bertz CT molecular complexity index is 1090. The Morgan fingerprint density at radius 1 is 1.23 bits per heavy atom. The minimum atomic E-state index is -0.679. The number of hydrogen-bond donors (Lipinski definition) is 1. The van der Waals surface area contributed by atoms with Crippen molar-refractivity contribution in [3.05, 3.63) is 54.2 Å². The van der Waals surface area contributed by atoms with Gasteiger partial charge in [0, 0.05) is 44.2 Å². The maximum atomic E-state index is 14.2. The molecule has 3 heterocycles. The molecule has 2 aromatic heterocycles. The van der Waals surface area contributed by atoms with Crippen LogP contribution in [0.2, 0.25) is 0 Å². The molecule has 1 saturated heterocycles. The van der Waals surface area contributed by atoms with Gasteiger partial charge in [0.05, 0.1) is 18.3 Å². The van der Waals surface area contributed by atoms with Crippen LogP contribution in [0.25, 0.3) is 11.3 Å². The van der Waals surface area contributed by atoms with Gasteiger partial charge in [0.2, 0.25) is 0 Å². The Morgan fingerprint density at radius 3 is 2.74 bits per heavy atom. The summed E-state index contributed by atoms with van der Waals surface area (Å²) in [5, 5.41) is 8.32. The zero-order chi connectivity index (χ0) is 21.5. The van der Waals surface area contributed by atoms with E-state index in [2.05, 4.69) is 20.3 Å². The fraction of sp³-hybridized carbons (Fsp3) is 0.429. The third kappa shape index (κ3) is 3.60. The van der Waals surface area contributed by atoms with Crippen molar-refractivity contribution in [3.63, 3.8) is 0 Å². The molecular weight excluding hydrogens is 406 g/mol. The van der Waals surface area contributed by atoms with E-state index in [-0.39, 0.29) is 23.6 Å². The molecule has 2 fully saturated rings. The van der Waals surface area contributed by atoms with E-state index in [1.54, 1.807) is 30.4 Å². The molecule has 0 bridgehead atoms. The number of rotatable bonds is 4. The van der Waals surface area contributed by atoms with Crippen molar-refractivity contribution in [3.8, 4) is 11.3 Å². The number of imidazole rings is 1. The van der Waals surface area contributed by atoms with Crippen molar-refractivity contribution in [2.75, 3.05) is 20.2 Å². The molecule has 4 atom stereocenters. The zero-order valence-corrected chi connectivity index (χ0v) is 16.9. The van der Waals surface area contributed by atoms with Crippen LogP contribution < -0.4 is 0 Å². The Balaban J connectivity index is 1.35. The fourth-order valence-electron chi connectivity index (χ4n) is 4.88. The lowest BCUT2D eigenvalue weighted by atomic mass is 9.77. The van der Waals surface area contributed by atoms with Gasteiger partial charge in [-0.15, -0.1) is 5.10 Å². The Hall–Kier alpha value is -3.14. The summed E-state index contributed by atoms with van der Waals surface area (Å²) in [5.74, 6) is -0.438. The molecule has 1 N–H and O–H groups in total. The van der Waals surface area contributed by atoms with Gasteiger partial charge in [-0.2, -0.15) is 0 Å². The standard InChI is InChI=1S/C21H22F2N6O2/c1-31-19-7-13-10-28(21(30)20-24-4-5-25-20)9-12(13)6-18(19)29-11-17(26-27-29)15-3-2-14(22)8-16(15)23/h2-5,8,11-13,18-19H,6-7,9-10H2,1H3,(H,24,25)/t12-,13+,18-,19-/m1/s1. The first kappa shape index (κ1) is 19.8. The highest BCUT2D eigenvalue weighted by atomic mass is 19.1. The Morgan fingerprint density at radius 2 is 2.03 bits per heavy atom. The summed E-state index contributed by atoms with van der Waals surface area (Å²) < 4.78 is 34.8. The number of carbonyl (C=O) groups is 1. The average molecular weight is 428 g/mol. The number of fused-ring (bicyclic) bond motifs is 1. The molecule has 1 amide bonds. The Labute approximate surface area is 177 Å². The van der Waals surface area contributed by atoms with Crippen molar-refractivity contribution in [2.24, 2.45) is 11.8 Å². The summed E-state index contributed by atoms with van der Waals surface area (Å²) in [5.41, 5.74) is 0.543. The van der Waals surface area contributed by atoms with E-state index in [0.717, 1.165) is 18.9 Å². The Kier molecular flexibility index (Phi) is 5.01. The van der Waals surface area contributed by atoms with Gasteiger partial charge in [0.15, 0.2) is 5.82 Å². The second-order valence-corrected chi connectivity index (χ2v) is 8.19. The smallest absolute Gasteiger partial charge is 0.289 e. The van der Waals surface area contributed by atoms with Crippen molar-refractivity contribution in [1.29, 1.82) is 0 Å². The maximum Gasteiger partial charge on any atom is 0.289 e. The SMILES string of the molecule is CO[C@@H]1C[C@H]2CN(C(=O)c3ncc[nH]3)C[C@H]2C[C@H]1n1cc(-c2ccc(F)cc2F)nn1. The van der Waals surface area contributed by atoms with Gasteiger partial charge < -0.3 is 14.6 Å². The first-order valence-electron chi connectivity index (χ1n) is 10.2. The molecule has 0 unspecified atom stereocenters. The maximum absolute atomic E-state index is 14.2. The van der Waals surface area contributed by atoms with Crippen LogP contribution in [0.5, 0.6) is 0 Å². The predicted molar refractivity (Wildman–Crippen MR) is 106 cm³/mol. The molecule has 0 radical (unpaired) electrons.